The van der Waals surface area contributed by atoms with Gasteiger partial charge in [0, 0.05) is 27.5 Å². The van der Waals surface area contributed by atoms with Gasteiger partial charge in [-0.15, -0.1) is 11.3 Å². The van der Waals surface area contributed by atoms with Gasteiger partial charge in [0.05, 0.1) is 19.9 Å². The van der Waals surface area contributed by atoms with Crippen molar-refractivity contribution in [2.24, 2.45) is 4.99 Å². The Kier molecular flexibility index (Phi) is 6.36. The molecule has 1 heterocycles. The monoisotopic (exact) mass is 460 g/mol. The lowest BCUT2D eigenvalue weighted by Crippen LogP contribution is -2.17. The highest BCUT2D eigenvalue weighted by molar-refractivity contribution is 9.10. The van der Waals surface area contributed by atoms with Crippen LogP contribution in [0, 0.1) is 6.92 Å². The first-order valence-corrected chi connectivity index (χ1v) is 10.4. The van der Waals surface area contributed by atoms with Crippen LogP contribution >= 0.6 is 27.3 Å². The van der Waals surface area contributed by atoms with Gasteiger partial charge >= 0.3 is 0 Å². The van der Waals surface area contributed by atoms with Gasteiger partial charge in [0.2, 0.25) is 0 Å². The molecule has 0 saturated heterocycles. The summed E-state index contributed by atoms with van der Waals surface area (Å²) in [5, 5.41) is 0. The standard InChI is InChI=1S/C21H21BrN2O3S/c1-5-24-19(14-6-8-16(22)9-7-14)13(2)28-21(24)23-20(25)15-10-17(26-3)12-18(11-15)27-4/h6-12H,5H2,1-4H3. The molecule has 1 aromatic heterocycles. The van der Waals surface area contributed by atoms with Gasteiger partial charge in [0.15, 0.2) is 4.80 Å². The Bertz CT molecular complexity index is 1050. The average Bonchev–Trinajstić information content (AvgIpc) is 3.02. The molecular weight excluding hydrogens is 440 g/mol. The molecule has 3 rings (SSSR count). The van der Waals surface area contributed by atoms with Gasteiger partial charge in [-0.05, 0) is 43.7 Å². The first-order valence-electron chi connectivity index (χ1n) is 8.75. The molecule has 2 aromatic carbocycles. The van der Waals surface area contributed by atoms with E-state index in [0.29, 0.717) is 28.4 Å². The largest absolute Gasteiger partial charge is 0.497 e. The van der Waals surface area contributed by atoms with Crippen LogP contribution < -0.4 is 14.3 Å². The van der Waals surface area contributed by atoms with Gasteiger partial charge in [-0.2, -0.15) is 4.99 Å². The number of thiazole rings is 1. The van der Waals surface area contributed by atoms with Crippen LogP contribution in [0.25, 0.3) is 11.3 Å². The van der Waals surface area contributed by atoms with Crippen molar-refractivity contribution in [3.05, 3.63) is 62.2 Å². The molecule has 0 atom stereocenters. The number of halogens is 1. The highest BCUT2D eigenvalue weighted by atomic mass is 79.9. The van der Waals surface area contributed by atoms with E-state index in [4.69, 9.17) is 9.47 Å². The van der Waals surface area contributed by atoms with Crippen molar-refractivity contribution in [3.8, 4) is 22.8 Å². The van der Waals surface area contributed by atoms with Crippen LogP contribution in [0.4, 0.5) is 0 Å². The molecule has 0 bridgehead atoms. The highest BCUT2D eigenvalue weighted by Gasteiger charge is 2.14. The lowest BCUT2D eigenvalue weighted by molar-refractivity contribution is 0.0997. The van der Waals surface area contributed by atoms with Crippen LogP contribution in [0.1, 0.15) is 22.2 Å². The molecule has 0 N–H and O–H groups in total. The van der Waals surface area contributed by atoms with Crippen molar-refractivity contribution >= 4 is 33.2 Å². The molecule has 0 unspecified atom stereocenters. The summed E-state index contributed by atoms with van der Waals surface area (Å²) in [4.78, 5) is 19.0. The Labute approximate surface area is 176 Å². The number of carbonyl (C=O) groups is 1. The van der Waals surface area contributed by atoms with Crippen molar-refractivity contribution < 1.29 is 14.3 Å². The van der Waals surface area contributed by atoms with Crippen LogP contribution in [-0.4, -0.2) is 24.7 Å². The van der Waals surface area contributed by atoms with E-state index in [-0.39, 0.29) is 5.91 Å². The normalized spacial score (nSPS) is 11.5. The van der Waals surface area contributed by atoms with Crippen LogP contribution in [0.3, 0.4) is 0 Å². The van der Waals surface area contributed by atoms with Crippen LogP contribution in [0.15, 0.2) is 51.9 Å². The molecule has 0 aliphatic heterocycles. The van der Waals surface area contributed by atoms with E-state index in [0.717, 1.165) is 20.6 Å². The second-order valence-electron chi connectivity index (χ2n) is 6.06. The van der Waals surface area contributed by atoms with Crippen molar-refractivity contribution in [1.29, 1.82) is 0 Å². The fourth-order valence-electron chi connectivity index (χ4n) is 2.95. The molecular formula is C21H21BrN2O3S. The average molecular weight is 461 g/mol. The number of carbonyl (C=O) groups excluding carboxylic acids is 1. The summed E-state index contributed by atoms with van der Waals surface area (Å²) in [5.74, 6) is 0.779. The fourth-order valence-corrected chi connectivity index (χ4v) is 4.27. The van der Waals surface area contributed by atoms with Gasteiger partial charge < -0.3 is 14.0 Å². The molecule has 1 amide bonds. The molecule has 0 aliphatic carbocycles. The lowest BCUT2D eigenvalue weighted by Gasteiger charge is -2.08. The van der Waals surface area contributed by atoms with E-state index >= 15 is 0 Å². The molecule has 5 nitrogen and oxygen atoms in total. The number of hydrogen-bond acceptors (Lipinski definition) is 4. The Morgan fingerprint density at radius 1 is 1.11 bits per heavy atom. The predicted molar refractivity (Wildman–Crippen MR) is 115 cm³/mol. The summed E-state index contributed by atoms with van der Waals surface area (Å²) in [6, 6.07) is 13.2. The van der Waals surface area contributed by atoms with Crippen LogP contribution in [0.2, 0.25) is 0 Å². The number of hydrogen-bond donors (Lipinski definition) is 0. The quantitative estimate of drug-likeness (QED) is 0.534. The first-order chi connectivity index (χ1) is 13.5. The SMILES string of the molecule is CCn1c(-c2ccc(Br)cc2)c(C)sc1=NC(=O)c1cc(OC)cc(OC)c1. The first kappa shape index (κ1) is 20.4. The van der Waals surface area contributed by atoms with Crippen LogP contribution in [-0.2, 0) is 6.54 Å². The molecule has 0 saturated carbocycles. The zero-order chi connectivity index (χ0) is 20.3. The molecule has 0 fully saturated rings. The molecule has 3 aromatic rings. The van der Waals surface area contributed by atoms with E-state index in [1.165, 1.54) is 11.3 Å². The highest BCUT2D eigenvalue weighted by Crippen LogP contribution is 2.27. The zero-order valence-corrected chi connectivity index (χ0v) is 18.6. The molecule has 28 heavy (non-hydrogen) atoms. The van der Waals surface area contributed by atoms with E-state index in [1.54, 1.807) is 32.4 Å². The third kappa shape index (κ3) is 4.20. The molecule has 146 valence electrons. The summed E-state index contributed by atoms with van der Waals surface area (Å²) in [7, 11) is 3.11. The summed E-state index contributed by atoms with van der Waals surface area (Å²) in [5.41, 5.74) is 2.60. The lowest BCUT2D eigenvalue weighted by atomic mass is 10.1. The van der Waals surface area contributed by atoms with Gasteiger partial charge in [0.1, 0.15) is 11.5 Å². The van der Waals surface area contributed by atoms with Crippen molar-refractivity contribution in [2.45, 2.75) is 20.4 Å². The van der Waals surface area contributed by atoms with E-state index in [9.17, 15) is 4.79 Å². The second kappa shape index (κ2) is 8.75. The summed E-state index contributed by atoms with van der Waals surface area (Å²) < 4.78 is 13.6. The molecule has 7 heteroatoms. The van der Waals surface area contributed by atoms with Crippen molar-refractivity contribution in [1.82, 2.24) is 4.57 Å². The van der Waals surface area contributed by atoms with E-state index in [2.05, 4.69) is 37.6 Å². The van der Waals surface area contributed by atoms with E-state index in [1.807, 2.05) is 26.0 Å². The maximum Gasteiger partial charge on any atom is 0.279 e. The third-order valence-electron chi connectivity index (χ3n) is 4.31. The van der Waals surface area contributed by atoms with Gasteiger partial charge in [0.25, 0.3) is 5.91 Å². The number of nitrogens with zero attached hydrogens (tertiary/aromatic N) is 2. The smallest absolute Gasteiger partial charge is 0.279 e. The number of rotatable bonds is 5. The number of ether oxygens (including phenoxy) is 2. The van der Waals surface area contributed by atoms with Crippen molar-refractivity contribution in [3.63, 3.8) is 0 Å². The molecule has 0 aliphatic rings. The predicted octanol–water partition coefficient (Wildman–Crippen LogP) is 5.07. The Morgan fingerprint density at radius 3 is 2.25 bits per heavy atom. The maximum absolute atomic E-state index is 12.8. The van der Waals surface area contributed by atoms with Gasteiger partial charge in [-0.3, -0.25) is 4.79 Å². The Balaban J connectivity index is 2.09. The summed E-state index contributed by atoms with van der Waals surface area (Å²) >= 11 is 4.98. The number of methoxy groups -OCH3 is 2. The third-order valence-corrected chi connectivity index (χ3v) is 5.83. The second-order valence-corrected chi connectivity index (χ2v) is 8.16. The zero-order valence-electron chi connectivity index (χ0n) is 16.2. The molecule has 0 spiro atoms. The van der Waals surface area contributed by atoms with Gasteiger partial charge in [-0.1, -0.05) is 28.1 Å². The van der Waals surface area contributed by atoms with Crippen LogP contribution in [0.5, 0.6) is 11.5 Å². The fraction of sp³-hybridized carbons (Fsp3) is 0.238. The van der Waals surface area contributed by atoms with E-state index < -0.39 is 0 Å². The minimum Gasteiger partial charge on any atom is -0.497 e. The van der Waals surface area contributed by atoms with Crippen molar-refractivity contribution in [2.75, 3.05) is 14.2 Å². The number of aromatic nitrogens is 1. The Morgan fingerprint density at radius 2 is 1.71 bits per heavy atom. The number of amides is 1. The topological polar surface area (TPSA) is 52.8 Å². The van der Waals surface area contributed by atoms with Gasteiger partial charge in [-0.25, -0.2) is 0 Å². The number of aryl methyl sites for hydroxylation is 1. The maximum atomic E-state index is 12.8. The minimum absolute atomic E-state index is 0.331. The minimum atomic E-state index is -0.331. The Hall–Kier alpha value is -2.38. The number of benzene rings is 2. The summed E-state index contributed by atoms with van der Waals surface area (Å²) in [6.45, 7) is 4.81. The molecule has 0 radical (unpaired) electrons. The summed E-state index contributed by atoms with van der Waals surface area (Å²) in [6.07, 6.45) is 0.